The lowest BCUT2D eigenvalue weighted by Gasteiger charge is -2.33. The number of carbonyl (C=O) groups is 5. The predicted octanol–water partition coefficient (Wildman–Crippen LogP) is 9.00. The van der Waals surface area contributed by atoms with Gasteiger partial charge in [0.15, 0.2) is 5.78 Å². The summed E-state index contributed by atoms with van der Waals surface area (Å²) in [6, 6.07) is 23.8. The molecule has 4 rings (SSSR count). The molecule has 1 aliphatic carbocycles. The number of Topliss-reactive ketones (excluding diaryl/α,β-unsaturated/α-hetero) is 5. The van der Waals surface area contributed by atoms with Crippen LogP contribution < -0.4 is 0 Å². The molecule has 0 aliphatic heterocycles. The highest BCUT2D eigenvalue weighted by Gasteiger charge is 2.36. The average molecular weight is 649 g/mol. The van der Waals surface area contributed by atoms with Crippen molar-refractivity contribution in [3.05, 3.63) is 106 Å². The first kappa shape index (κ1) is 36.8. The molecule has 5 nitrogen and oxygen atoms in total. The number of benzene rings is 3. The SMILES string of the molecule is CCCC(CC1CC(=O)c2c(C)ccc(C(CC(=O)CCc3ccccc3)C(=O)CCc3ccccc3)c2C1)C(CC)C(=O)CC(C)=O. The van der Waals surface area contributed by atoms with Crippen molar-refractivity contribution in [2.75, 3.05) is 0 Å². The molecule has 0 aromatic heterocycles. The second-order valence-corrected chi connectivity index (χ2v) is 13.9. The number of hydrogen-bond acceptors (Lipinski definition) is 5. The summed E-state index contributed by atoms with van der Waals surface area (Å²) in [4.78, 5) is 66.4. The highest BCUT2D eigenvalue weighted by Crippen LogP contribution is 2.40. The number of rotatable bonds is 19. The van der Waals surface area contributed by atoms with Gasteiger partial charge >= 0.3 is 0 Å². The standard InChI is InChI=1S/C43H52O5/c1-5-13-34(36(6-2)41(47)24-30(4)44)25-33-26-39-37(22-18-29(3)43(39)42(48)27-33)38(40(46)23-20-32-16-11-8-12-17-32)28-35(45)21-19-31-14-9-7-10-15-31/h7-12,14-18,22,33-34,36,38H,5-6,13,19-21,23-28H2,1-4H3. The average Bonchev–Trinajstić information content (AvgIpc) is 3.06. The summed E-state index contributed by atoms with van der Waals surface area (Å²) < 4.78 is 0. The van der Waals surface area contributed by atoms with Crippen LogP contribution in [0.15, 0.2) is 72.8 Å². The fourth-order valence-electron chi connectivity index (χ4n) is 7.83. The van der Waals surface area contributed by atoms with E-state index in [0.29, 0.717) is 50.5 Å². The number of carbonyl (C=O) groups excluding carboxylic acids is 5. The largest absolute Gasteiger partial charge is 0.300 e. The van der Waals surface area contributed by atoms with Crippen LogP contribution in [0.1, 0.15) is 123 Å². The fourth-order valence-corrected chi connectivity index (χ4v) is 7.83. The van der Waals surface area contributed by atoms with Gasteiger partial charge in [-0.05, 0) is 85.6 Å². The molecule has 5 heteroatoms. The molecule has 1 aliphatic rings. The van der Waals surface area contributed by atoms with Gasteiger partial charge in [-0.1, -0.05) is 99.5 Å². The van der Waals surface area contributed by atoms with Crippen LogP contribution in [0.3, 0.4) is 0 Å². The van der Waals surface area contributed by atoms with Gasteiger partial charge in [-0.25, -0.2) is 0 Å². The molecule has 4 atom stereocenters. The fraction of sp³-hybridized carbons (Fsp3) is 0.465. The molecule has 0 saturated carbocycles. The van der Waals surface area contributed by atoms with E-state index < -0.39 is 5.92 Å². The molecule has 0 amide bonds. The van der Waals surface area contributed by atoms with E-state index in [2.05, 4.69) is 6.92 Å². The molecule has 3 aromatic carbocycles. The summed E-state index contributed by atoms with van der Waals surface area (Å²) in [7, 11) is 0. The van der Waals surface area contributed by atoms with E-state index in [0.717, 1.165) is 47.1 Å². The van der Waals surface area contributed by atoms with E-state index in [1.54, 1.807) is 0 Å². The second-order valence-electron chi connectivity index (χ2n) is 13.9. The minimum Gasteiger partial charge on any atom is -0.300 e. The van der Waals surface area contributed by atoms with Crippen molar-refractivity contribution >= 4 is 28.9 Å². The molecule has 0 bridgehead atoms. The molecule has 0 N–H and O–H groups in total. The molecule has 48 heavy (non-hydrogen) atoms. The smallest absolute Gasteiger partial charge is 0.163 e. The lowest BCUT2D eigenvalue weighted by atomic mass is 9.70. The Hall–Kier alpha value is -3.99. The van der Waals surface area contributed by atoms with Crippen LogP contribution in [0.2, 0.25) is 0 Å². The van der Waals surface area contributed by atoms with Crippen molar-refractivity contribution in [1.29, 1.82) is 0 Å². The highest BCUT2D eigenvalue weighted by atomic mass is 16.2. The Morgan fingerprint density at radius 3 is 2.00 bits per heavy atom. The van der Waals surface area contributed by atoms with E-state index in [-0.39, 0.29) is 59.5 Å². The molecular weight excluding hydrogens is 596 g/mol. The first-order chi connectivity index (χ1) is 23.1. The lowest BCUT2D eigenvalue weighted by molar-refractivity contribution is -0.130. The zero-order valence-electron chi connectivity index (χ0n) is 29.3. The van der Waals surface area contributed by atoms with Gasteiger partial charge < -0.3 is 0 Å². The number of fused-ring (bicyclic) bond motifs is 1. The maximum atomic E-state index is 14.1. The van der Waals surface area contributed by atoms with Crippen molar-refractivity contribution < 1.29 is 24.0 Å². The third kappa shape index (κ3) is 10.0. The van der Waals surface area contributed by atoms with Gasteiger partial charge in [0.2, 0.25) is 0 Å². The Morgan fingerprint density at radius 2 is 1.42 bits per heavy atom. The lowest BCUT2D eigenvalue weighted by Crippen LogP contribution is -2.31. The van der Waals surface area contributed by atoms with Crippen molar-refractivity contribution in [2.24, 2.45) is 17.8 Å². The van der Waals surface area contributed by atoms with Crippen LogP contribution in [0.25, 0.3) is 0 Å². The van der Waals surface area contributed by atoms with Crippen molar-refractivity contribution in [3.63, 3.8) is 0 Å². The number of aryl methyl sites for hydroxylation is 3. The van der Waals surface area contributed by atoms with Gasteiger partial charge in [-0.3, -0.25) is 24.0 Å². The zero-order valence-corrected chi connectivity index (χ0v) is 29.3. The van der Waals surface area contributed by atoms with Gasteiger partial charge in [-0.15, -0.1) is 0 Å². The summed E-state index contributed by atoms with van der Waals surface area (Å²) >= 11 is 0. The monoisotopic (exact) mass is 648 g/mol. The second kappa shape index (κ2) is 18.0. The summed E-state index contributed by atoms with van der Waals surface area (Å²) in [5.41, 5.74) is 5.49. The summed E-state index contributed by atoms with van der Waals surface area (Å²) in [6.07, 6.45) is 6.16. The van der Waals surface area contributed by atoms with E-state index in [1.807, 2.05) is 86.6 Å². The number of hydrogen-bond donors (Lipinski definition) is 0. The highest BCUT2D eigenvalue weighted by molar-refractivity contribution is 6.02. The molecule has 0 heterocycles. The molecule has 0 spiro atoms. The molecule has 0 fully saturated rings. The normalized spacial score (nSPS) is 16.1. The molecule has 3 aromatic rings. The summed E-state index contributed by atoms with van der Waals surface area (Å²) in [5, 5.41) is 0. The maximum Gasteiger partial charge on any atom is 0.163 e. The van der Waals surface area contributed by atoms with Gasteiger partial charge in [0, 0.05) is 43.1 Å². The molecule has 0 radical (unpaired) electrons. The van der Waals surface area contributed by atoms with Gasteiger partial charge in [-0.2, -0.15) is 0 Å². The van der Waals surface area contributed by atoms with Gasteiger partial charge in [0.25, 0.3) is 0 Å². The van der Waals surface area contributed by atoms with E-state index in [9.17, 15) is 24.0 Å². The topological polar surface area (TPSA) is 85.3 Å². The van der Waals surface area contributed by atoms with Gasteiger partial charge in [0.1, 0.15) is 23.1 Å². The van der Waals surface area contributed by atoms with Crippen molar-refractivity contribution in [1.82, 2.24) is 0 Å². The van der Waals surface area contributed by atoms with Crippen LogP contribution in [0.5, 0.6) is 0 Å². The minimum atomic E-state index is -0.621. The Balaban J connectivity index is 1.64. The Kier molecular flexibility index (Phi) is 13.8. The van der Waals surface area contributed by atoms with Crippen LogP contribution in [-0.2, 0) is 38.4 Å². The van der Waals surface area contributed by atoms with Gasteiger partial charge in [0.05, 0.1) is 6.42 Å². The minimum absolute atomic E-state index is 0.000566. The first-order valence-corrected chi connectivity index (χ1v) is 17.9. The molecular formula is C43H52O5. The predicted molar refractivity (Wildman–Crippen MR) is 191 cm³/mol. The summed E-state index contributed by atoms with van der Waals surface area (Å²) in [5.74, 6) is -0.693. The molecule has 0 saturated heterocycles. The van der Waals surface area contributed by atoms with Crippen LogP contribution >= 0.6 is 0 Å². The third-order valence-corrected chi connectivity index (χ3v) is 10.2. The van der Waals surface area contributed by atoms with Crippen molar-refractivity contribution in [3.8, 4) is 0 Å². The maximum absolute atomic E-state index is 14.1. The van der Waals surface area contributed by atoms with Crippen LogP contribution in [0.4, 0.5) is 0 Å². The van der Waals surface area contributed by atoms with E-state index in [4.69, 9.17) is 0 Å². The molecule has 254 valence electrons. The van der Waals surface area contributed by atoms with Crippen LogP contribution in [0, 0.1) is 24.7 Å². The number of ketones is 5. The Bertz CT molecular complexity index is 1570. The van der Waals surface area contributed by atoms with Crippen LogP contribution in [-0.4, -0.2) is 28.9 Å². The van der Waals surface area contributed by atoms with E-state index in [1.165, 1.54) is 6.92 Å². The first-order valence-electron chi connectivity index (χ1n) is 17.9. The quantitative estimate of drug-likeness (QED) is 0.121. The summed E-state index contributed by atoms with van der Waals surface area (Å²) in [6.45, 7) is 7.53. The van der Waals surface area contributed by atoms with E-state index >= 15 is 0 Å². The third-order valence-electron chi connectivity index (χ3n) is 10.2. The molecule has 4 unspecified atom stereocenters. The zero-order chi connectivity index (χ0) is 34.6. The Morgan fingerprint density at radius 1 is 0.792 bits per heavy atom. The van der Waals surface area contributed by atoms with Crippen molar-refractivity contribution in [2.45, 2.75) is 111 Å². The Labute approximate surface area is 286 Å².